The molecule has 1 rings (SSSR count). The summed E-state index contributed by atoms with van der Waals surface area (Å²) in [5.74, 6) is 0.912. The smallest absolute Gasteiger partial charge is 0.141 e. The molecule has 2 heteroatoms. The van der Waals surface area contributed by atoms with Crippen molar-refractivity contribution in [1.82, 2.24) is 0 Å². The second-order valence-corrected chi connectivity index (χ2v) is 3.53. The molecule has 2 nitrogen and oxygen atoms in total. The number of anilines is 1. The average Bonchev–Trinajstić information content (AvgIpc) is 2.19. The zero-order valence-electron chi connectivity index (χ0n) is 9.21. The minimum absolute atomic E-state index is 0.497. The van der Waals surface area contributed by atoms with Crippen molar-refractivity contribution in [3.05, 3.63) is 24.3 Å². The molecule has 1 N–H and O–H groups in total. The monoisotopic (exact) mass is 193 g/mol. The van der Waals surface area contributed by atoms with Crippen LogP contribution >= 0.6 is 0 Å². The quantitative estimate of drug-likeness (QED) is 0.774. The SMILES string of the molecule is CCC[C@H](C)Nc1ccccc1OC. The number of hydrogen-bond acceptors (Lipinski definition) is 2. The van der Waals surface area contributed by atoms with Crippen LogP contribution in [0.15, 0.2) is 24.3 Å². The second kappa shape index (κ2) is 5.53. The number of para-hydroxylation sites is 2. The Morgan fingerprint density at radius 3 is 2.71 bits per heavy atom. The molecule has 0 bridgehead atoms. The maximum absolute atomic E-state index is 5.26. The van der Waals surface area contributed by atoms with E-state index in [1.165, 1.54) is 12.8 Å². The zero-order chi connectivity index (χ0) is 10.4. The van der Waals surface area contributed by atoms with Crippen LogP contribution in [-0.4, -0.2) is 13.2 Å². The first-order valence-corrected chi connectivity index (χ1v) is 5.17. The zero-order valence-corrected chi connectivity index (χ0v) is 9.21. The van der Waals surface area contributed by atoms with E-state index in [-0.39, 0.29) is 0 Å². The Hall–Kier alpha value is -1.18. The van der Waals surface area contributed by atoms with Gasteiger partial charge in [-0.25, -0.2) is 0 Å². The Morgan fingerprint density at radius 1 is 1.36 bits per heavy atom. The highest BCUT2D eigenvalue weighted by atomic mass is 16.5. The van der Waals surface area contributed by atoms with Crippen molar-refractivity contribution < 1.29 is 4.74 Å². The molecule has 1 aromatic rings. The van der Waals surface area contributed by atoms with Gasteiger partial charge in [-0.05, 0) is 25.5 Å². The van der Waals surface area contributed by atoms with Gasteiger partial charge in [0.1, 0.15) is 5.75 Å². The summed E-state index contributed by atoms with van der Waals surface area (Å²) in [6.07, 6.45) is 2.38. The molecule has 0 aliphatic heterocycles. The Kier molecular flexibility index (Phi) is 4.30. The molecular weight excluding hydrogens is 174 g/mol. The van der Waals surface area contributed by atoms with Gasteiger partial charge in [-0.1, -0.05) is 25.5 Å². The number of nitrogens with one attached hydrogen (secondary N) is 1. The van der Waals surface area contributed by atoms with Crippen LogP contribution in [0.4, 0.5) is 5.69 Å². The summed E-state index contributed by atoms with van der Waals surface area (Å²) in [6, 6.07) is 8.51. The molecule has 0 radical (unpaired) electrons. The van der Waals surface area contributed by atoms with Crippen molar-refractivity contribution in [3.8, 4) is 5.75 Å². The maximum atomic E-state index is 5.26. The van der Waals surface area contributed by atoms with Crippen LogP contribution in [0.25, 0.3) is 0 Å². The topological polar surface area (TPSA) is 21.3 Å². The van der Waals surface area contributed by atoms with Gasteiger partial charge >= 0.3 is 0 Å². The molecule has 0 fully saturated rings. The Balaban J connectivity index is 2.65. The fourth-order valence-corrected chi connectivity index (χ4v) is 1.53. The summed E-state index contributed by atoms with van der Waals surface area (Å²) in [6.45, 7) is 4.39. The van der Waals surface area contributed by atoms with Gasteiger partial charge in [0.15, 0.2) is 0 Å². The number of hydrogen-bond donors (Lipinski definition) is 1. The third kappa shape index (κ3) is 2.95. The predicted octanol–water partition coefficient (Wildman–Crippen LogP) is 3.30. The molecule has 1 atom stereocenters. The number of benzene rings is 1. The van der Waals surface area contributed by atoms with Crippen molar-refractivity contribution >= 4 is 5.69 Å². The summed E-state index contributed by atoms with van der Waals surface area (Å²) < 4.78 is 5.26. The second-order valence-electron chi connectivity index (χ2n) is 3.53. The fraction of sp³-hybridized carbons (Fsp3) is 0.500. The molecule has 0 saturated heterocycles. The first kappa shape index (κ1) is 10.9. The Labute approximate surface area is 86.3 Å². The molecule has 1 aromatic carbocycles. The van der Waals surface area contributed by atoms with Gasteiger partial charge < -0.3 is 10.1 Å². The molecule has 0 amide bonds. The lowest BCUT2D eigenvalue weighted by Crippen LogP contribution is -2.14. The molecule has 14 heavy (non-hydrogen) atoms. The maximum Gasteiger partial charge on any atom is 0.141 e. The van der Waals surface area contributed by atoms with Crippen molar-refractivity contribution in [2.45, 2.75) is 32.7 Å². The minimum atomic E-state index is 0.497. The molecule has 0 heterocycles. The summed E-state index contributed by atoms with van der Waals surface area (Å²) in [5.41, 5.74) is 1.08. The number of ether oxygens (including phenoxy) is 1. The molecule has 0 spiro atoms. The lowest BCUT2D eigenvalue weighted by Gasteiger charge is -2.16. The molecule has 0 unspecified atom stereocenters. The predicted molar refractivity (Wildman–Crippen MR) is 61.0 cm³/mol. The normalized spacial score (nSPS) is 12.2. The van der Waals surface area contributed by atoms with Crippen molar-refractivity contribution in [2.24, 2.45) is 0 Å². The van der Waals surface area contributed by atoms with Gasteiger partial charge in [0.2, 0.25) is 0 Å². The third-order valence-electron chi connectivity index (χ3n) is 2.23. The van der Waals surface area contributed by atoms with E-state index < -0.39 is 0 Å². The largest absolute Gasteiger partial charge is 0.495 e. The van der Waals surface area contributed by atoms with Crippen LogP contribution < -0.4 is 10.1 Å². The summed E-state index contributed by atoms with van der Waals surface area (Å²) in [4.78, 5) is 0. The van der Waals surface area contributed by atoms with Gasteiger partial charge in [-0.2, -0.15) is 0 Å². The van der Waals surface area contributed by atoms with E-state index in [1.54, 1.807) is 7.11 Å². The van der Waals surface area contributed by atoms with Crippen LogP contribution in [0.3, 0.4) is 0 Å². The van der Waals surface area contributed by atoms with E-state index in [4.69, 9.17) is 4.74 Å². The van der Waals surface area contributed by atoms with Gasteiger partial charge in [0.05, 0.1) is 12.8 Å². The van der Waals surface area contributed by atoms with Gasteiger partial charge in [-0.3, -0.25) is 0 Å². The van der Waals surface area contributed by atoms with E-state index in [1.807, 2.05) is 24.3 Å². The molecule has 0 aliphatic carbocycles. The minimum Gasteiger partial charge on any atom is -0.495 e. The molecule has 0 saturated carbocycles. The van der Waals surface area contributed by atoms with Crippen LogP contribution in [0.1, 0.15) is 26.7 Å². The average molecular weight is 193 g/mol. The van der Waals surface area contributed by atoms with E-state index in [0.29, 0.717) is 6.04 Å². The van der Waals surface area contributed by atoms with Crippen LogP contribution in [0.2, 0.25) is 0 Å². The van der Waals surface area contributed by atoms with E-state index in [9.17, 15) is 0 Å². The van der Waals surface area contributed by atoms with Crippen LogP contribution in [-0.2, 0) is 0 Å². The van der Waals surface area contributed by atoms with E-state index >= 15 is 0 Å². The summed E-state index contributed by atoms with van der Waals surface area (Å²) in [7, 11) is 1.70. The van der Waals surface area contributed by atoms with Crippen molar-refractivity contribution in [1.29, 1.82) is 0 Å². The molecule has 78 valence electrons. The highest BCUT2D eigenvalue weighted by Crippen LogP contribution is 2.24. The summed E-state index contributed by atoms with van der Waals surface area (Å²) in [5, 5.41) is 3.44. The van der Waals surface area contributed by atoms with Crippen LogP contribution in [0, 0.1) is 0 Å². The standard InChI is InChI=1S/C12H19NO/c1-4-7-10(2)13-11-8-5-6-9-12(11)14-3/h5-6,8-10,13H,4,7H2,1-3H3/t10-/m0/s1. The van der Waals surface area contributed by atoms with Gasteiger partial charge in [0, 0.05) is 6.04 Å². The Bertz CT molecular complexity index is 273. The van der Waals surface area contributed by atoms with Crippen LogP contribution in [0.5, 0.6) is 5.75 Å². The van der Waals surface area contributed by atoms with Crippen molar-refractivity contribution in [2.75, 3.05) is 12.4 Å². The highest BCUT2D eigenvalue weighted by Gasteiger charge is 2.04. The number of methoxy groups -OCH3 is 1. The first-order chi connectivity index (χ1) is 6.77. The van der Waals surface area contributed by atoms with E-state index in [0.717, 1.165) is 11.4 Å². The number of rotatable bonds is 5. The molecule has 0 aliphatic rings. The first-order valence-electron chi connectivity index (χ1n) is 5.17. The van der Waals surface area contributed by atoms with Gasteiger partial charge in [-0.15, -0.1) is 0 Å². The highest BCUT2D eigenvalue weighted by molar-refractivity contribution is 5.56. The lowest BCUT2D eigenvalue weighted by atomic mass is 10.2. The Morgan fingerprint density at radius 2 is 2.07 bits per heavy atom. The fourth-order valence-electron chi connectivity index (χ4n) is 1.53. The molecule has 0 aromatic heterocycles. The molecular formula is C12H19NO. The third-order valence-corrected chi connectivity index (χ3v) is 2.23. The summed E-state index contributed by atoms with van der Waals surface area (Å²) >= 11 is 0. The van der Waals surface area contributed by atoms with E-state index in [2.05, 4.69) is 19.2 Å². The lowest BCUT2D eigenvalue weighted by molar-refractivity contribution is 0.416. The van der Waals surface area contributed by atoms with Gasteiger partial charge in [0.25, 0.3) is 0 Å². The van der Waals surface area contributed by atoms with Crippen molar-refractivity contribution in [3.63, 3.8) is 0 Å².